The first-order chi connectivity index (χ1) is 15.2. The molecule has 0 aliphatic heterocycles. The van der Waals surface area contributed by atoms with Crippen LogP contribution in [0.15, 0.2) is 6.07 Å². The molecule has 0 nitrogen and oxygen atoms in total. The van der Waals surface area contributed by atoms with Crippen LogP contribution in [0.1, 0.15) is 158 Å². The van der Waals surface area contributed by atoms with Crippen LogP contribution < -0.4 is 0 Å². The molecule has 1 rings (SSSR count). The van der Waals surface area contributed by atoms with Crippen LogP contribution in [0.2, 0.25) is 0 Å². The Bertz CT molecular complexity index is 554. The summed E-state index contributed by atoms with van der Waals surface area (Å²) in [5, 5.41) is 0. The summed E-state index contributed by atoms with van der Waals surface area (Å²) in [4.78, 5) is 0. The van der Waals surface area contributed by atoms with E-state index in [4.69, 9.17) is 0 Å². The van der Waals surface area contributed by atoms with Crippen molar-refractivity contribution in [1.82, 2.24) is 0 Å². The average Bonchev–Trinajstić information content (AvgIpc) is 2.77. The maximum Gasteiger partial charge on any atom is -0.0273 e. The summed E-state index contributed by atoms with van der Waals surface area (Å²) in [6.45, 7) is 11.8. The topological polar surface area (TPSA) is 0 Å². The second-order valence-electron chi connectivity index (χ2n) is 10.0. The van der Waals surface area contributed by atoms with Gasteiger partial charge in [0.15, 0.2) is 0 Å². The van der Waals surface area contributed by atoms with Gasteiger partial charge in [0.25, 0.3) is 0 Å². The van der Waals surface area contributed by atoms with E-state index in [1.54, 1.807) is 27.8 Å². The fourth-order valence-electron chi connectivity index (χ4n) is 5.09. The monoisotopic (exact) mass is 428 g/mol. The smallest absolute Gasteiger partial charge is 0.0273 e. The number of hydrogen-bond acceptors (Lipinski definition) is 0. The predicted molar refractivity (Wildman–Crippen MR) is 143 cm³/mol. The SMILES string of the molecule is CCCCCCc1cc(CCCCCC)c(CCCCCC)c(CCCCCC)c1C. The molecule has 1 aromatic carbocycles. The lowest BCUT2D eigenvalue weighted by Crippen LogP contribution is -2.08. The van der Waals surface area contributed by atoms with Crippen molar-refractivity contribution in [2.75, 3.05) is 0 Å². The molecule has 0 unspecified atom stereocenters. The Morgan fingerprint density at radius 3 is 1.26 bits per heavy atom. The highest BCUT2D eigenvalue weighted by Crippen LogP contribution is 2.29. The molecule has 0 aliphatic carbocycles. The molecule has 0 spiro atoms. The lowest BCUT2D eigenvalue weighted by Gasteiger charge is -2.22. The third-order valence-corrected chi connectivity index (χ3v) is 7.19. The minimum Gasteiger partial charge on any atom is -0.0654 e. The first-order valence-electron chi connectivity index (χ1n) is 14.3. The summed E-state index contributed by atoms with van der Waals surface area (Å²) in [6.07, 6.45) is 27.3. The summed E-state index contributed by atoms with van der Waals surface area (Å²) in [5.74, 6) is 0. The summed E-state index contributed by atoms with van der Waals surface area (Å²) >= 11 is 0. The first kappa shape index (κ1) is 28.3. The highest BCUT2D eigenvalue weighted by atomic mass is 14.2. The zero-order valence-electron chi connectivity index (χ0n) is 22.2. The molecule has 0 saturated carbocycles. The van der Waals surface area contributed by atoms with Gasteiger partial charge in [0.1, 0.15) is 0 Å². The molecule has 0 heteroatoms. The van der Waals surface area contributed by atoms with Gasteiger partial charge in [0.05, 0.1) is 0 Å². The largest absolute Gasteiger partial charge is 0.0654 e. The lowest BCUT2D eigenvalue weighted by molar-refractivity contribution is 0.634. The van der Waals surface area contributed by atoms with Crippen molar-refractivity contribution in [3.05, 3.63) is 33.9 Å². The van der Waals surface area contributed by atoms with Crippen LogP contribution in [0.3, 0.4) is 0 Å². The van der Waals surface area contributed by atoms with E-state index in [1.165, 1.54) is 128 Å². The van der Waals surface area contributed by atoms with Crippen LogP contribution in [-0.4, -0.2) is 0 Å². The predicted octanol–water partition coefficient (Wildman–Crippen LogP) is 10.5. The van der Waals surface area contributed by atoms with E-state index in [-0.39, 0.29) is 0 Å². The molecule has 0 radical (unpaired) electrons. The maximum absolute atomic E-state index is 2.66. The standard InChI is InChI=1S/C31H56/c1-6-10-14-18-22-28-26-29(23-19-15-11-7-2)31(25-21-17-13-9-4)30(27(28)5)24-20-16-12-8-3/h26H,6-25H2,1-5H3. The van der Waals surface area contributed by atoms with Crippen LogP contribution in [0, 0.1) is 6.92 Å². The van der Waals surface area contributed by atoms with E-state index in [2.05, 4.69) is 40.7 Å². The first-order valence-corrected chi connectivity index (χ1v) is 14.3. The Kier molecular flexibility index (Phi) is 17.1. The van der Waals surface area contributed by atoms with Crippen molar-refractivity contribution in [3.8, 4) is 0 Å². The molecule has 1 aromatic rings. The molecule has 0 saturated heterocycles. The molecule has 31 heavy (non-hydrogen) atoms. The van der Waals surface area contributed by atoms with Gasteiger partial charge in [0, 0.05) is 0 Å². The Balaban J connectivity index is 3.10. The van der Waals surface area contributed by atoms with Crippen molar-refractivity contribution < 1.29 is 0 Å². The molecule has 0 atom stereocenters. The van der Waals surface area contributed by atoms with Crippen molar-refractivity contribution in [3.63, 3.8) is 0 Å². The Labute approximate surface area is 197 Å². The van der Waals surface area contributed by atoms with E-state index in [0.717, 1.165) is 0 Å². The molecule has 180 valence electrons. The van der Waals surface area contributed by atoms with Gasteiger partial charge in [-0.2, -0.15) is 0 Å². The third kappa shape index (κ3) is 11.6. The number of aryl methyl sites for hydroxylation is 2. The van der Waals surface area contributed by atoms with Crippen LogP contribution in [0.4, 0.5) is 0 Å². The summed E-state index contributed by atoms with van der Waals surface area (Å²) in [7, 11) is 0. The van der Waals surface area contributed by atoms with Gasteiger partial charge < -0.3 is 0 Å². The van der Waals surface area contributed by atoms with Crippen molar-refractivity contribution >= 4 is 0 Å². The molecular weight excluding hydrogens is 372 g/mol. The van der Waals surface area contributed by atoms with Crippen molar-refractivity contribution in [2.24, 2.45) is 0 Å². The molecular formula is C31H56. The zero-order chi connectivity index (χ0) is 22.7. The Morgan fingerprint density at radius 1 is 0.419 bits per heavy atom. The van der Waals surface area contributed by atoms with E-state index in [0.29, 0.717) is 0 Å². The van der Waals surface area contributed by atoms with E-state index < -0.39 is 0 Å². The van der Waals surface area contributed by atoms with E-state index in [1.807, 2.05) is 0 Å². The fraction of sp³-hybridized carbons (Fsp3) is 0.806. The van der Waals surface area contributed by atoms with Crippen molar-refractivity contribution in [2.45, 2.75) is 163 Å². The summed E-state index contributed by atoms with van der Waals surface area (Å²) in [5.41, 5.74) is 8.62. The molecule has 0 aliphatic rings. The van der Waals surface area contributed by atoms with Gasteiger partial charge in [-0.25, -0.2) is 0 Å². The maximum atomic E-state index is 2.66. The van der Waals surface area contributed by atoms with Gasteiger partial charge in [-0.15, -0.1) is 0 Å². The third-order valence-electron chi connectivity index (χ3n) is 7.19. The number of benzene rings is 1. The highest BCUT2D eigenvalue weighted by Gasteiger charge is 2.15. The number of hydrogen-bond donors (Lipinski definition) is 0. The molecule has 0 fully saturated rings. The molecule has 0 aromatic heterocycles. The number of rotatable bonds is 20. The quantitative estimate of drug-likeness (QED) is 0.181. The summed E-state index contributed by atoms with van der Waals surface area (Å²) in [6, 6.07) is 2.66. The van der Waals surface area contributed by atoms with Crippen LogP contribution in [-0.2, 0) is 25.7 Å². The van der Waals surface area contributed by atoms with Crippen LogP contribution in [0.25, 0.3) is 0 Å². The fourth-order valence-corrected chi connectivity index (χ4v) is 5.09. The van der Waals surface area contributed by atoms with Gasteiger partial charge in [-0.05, 0) is 86.1 Å². The summed E-state index contributed by atoms with van der Waals surface area (Å²) < 4.78 is 0. The highest BCUT2D eigenvalue weighted by molar-refractivity contribution is 5.46. The van der Waals surface area contributed by atoms with Crippen LogP contribution in [0.5, 0.6) is 0 Å². The Hall–Kier alpha value is -0.780. The molecule has 0 N–H and O–H groups in total. The van der Waals surface area contributed by atoms with Crippen LogP contribution >= 0.6 is 0 Å². The van der Waals surface area contributed by atoms with E-state index >= 15 is 0 Å². The molecule has 0 amide bonds. The van der Waals surface area contributed by atoms with Gasteiger partial charge in [0.2, 0.25) is 0 Å². The van der Waals surface area contributed by atoms with Gasteiger partial charge in [-0.1, -0.05) is 111 Å². The van der Waals surface area contributed by atoms with Crippen molar-refractivity contribution in [1.29, 1.82) is 0 Å². The minimum absolute atomic E-state index is 1.30. The zero-order valence-corrected chi connectivity index (χ0v) is 22.2. The normalized spacial score (nSPS) is 11.4. The minimum atomic E-state index is 1.30. The second-order valence-corrected chi connectivity index (χ2v) is 10.0. The Morgan fingerprint density at radius 2 is 0.806 bits per heavy atom. The van der Waals surface area contributed by atoms with Gasteiger partial charge in [-0.3, -0.25) is 0 Å². The second kappa shape index (κ2) is 18.8. The number of unbranched alkanes of at least 4 members (excludes halogenated alkanes) is 12. The lowest BCUT2D eigenvalue weighted by atomic mass is 9.84. The molecule has 0 bridgehead atoms. The van der Waals surface area contributed by atoms with E-state index in [9.17, 15) is 0 Å². The average molecular weight is 429 g/mol. The van der Waals surface area contributed by atoms with Gasteiger partial charge >= 0.3 is 0 Å². The molecule has 0 heterocycles.